The second-order valence-electron chi connectivity index (χ2n) is 6.49. The first-order valence-corrected chi connectivity index (χ1v) is 7.24. The number of carbonyl (C=O) groups excluding carboxylic acids is 1. The van der Waals surface area contributed by atoms with Gasteiger partial charge in [-0.3, -0.25) is 4.79 Å². The maximum atomic E-state index is 11.9. The highest BCUT2D eigenvalue weighted by molar-refractivity contribution is 5.72. The molecule has 0 heterocycles. The van der Waals surface area contributed by atoms with Crippen LogP contribution < -0.4 is 5.32 Å². The first-order chi connectivity index (χ1) is 9.30. The zero-order chi connectivity index (χ0) is 15.2. The standard InChI is InChI=1S/C17H27NO2/c1-13(11-18-14(2)17(3,4)5)16(19)20-12-15-9-7-6-8-10-15/h6-10,13-14,18H,11-12H2,1-5H3. The molecule has 0 spiro atoms. The van der Waals surface area contributed by atoms with Gasteiger partial charge in [0.15, 0.2) is 0 Å². The second kappa shape index (κ2) is 7.44. The average molecular weight is 277 g/mol. The minimum atomic E-state index is -0.150. The van der Waals surface area contributed by atoms with Crippen molar-refractivity contribution in [3.05, 3.63) is 35.9 Å². The van der Waals surface area contributed by atoms with Crippen molar-refractivity contribution in [2.45, 2.75) is 47.3 Å². The Kier molecular flexibility index (Phi) is 6.21. The Labute approximate surface area is 122 Å². The molecule has 0 aliphatic rings. The molecule has 0 saturated heterocycles. The molecule has 0 saturated carbocycles. The summed E-state index contributed by atoms with van der Waals surface area (Å²) >= 11 is 0. The van der Waals surface area contributed by atoms with E-state index in [-0.39, 0.29) is 17.3 Å². The number of hydrogen-bond donors (Lipinski definition) is 1. The van der Waals surface area contributed by atoms with Crippen molar-refractivity contribution in [2.24, 2.45) is 11.3 Å². The molecule has 0 radical (unpaired) electrons. The molecule has 0 aliphatic heterocycles. The Morgan fingerprint density at radius 2 is 1.80 bits per heavy atom. The van der Waals surface area contributed by atoms with Gasteiger partial charge >= 0.3 is 5.97 Å². The zero-order valence-corrected chi connectivity index (χ0v) is 13.3. The van der Waals surface area contributed by atoms with E-state index in [1.54, 1.807) is 0 Å². The lowest BCUT2D eigenvalue weighted by atomic mass is 9.88. The van der Waals surface area contributed by atoms with E-state index in [1.165, 1.54) is 0 Å². The van der Waals surface area contributed by atoms with E-state index < -0.39 is 0 Å². The van der Waals surface area contributed by atoms with Crippen LogP contribution in [0.2, 0.25) is 0 Å². The van der Waals surface area contributed by atoms with Crippen molar-refractivity contribution in [3.63, 3.8) is 0 Å². The van der Waals surface area contributed by atoms with Gasteiger partial charge in [-0.15, -0.1) is 0 Å². The second-order valence-corrected chi connectivity index (χ2v) is 6.49. The van der Waals surface area contributed by atoms with Crippen LogP contribution in [0.4, 0.5) is 0 Å². The zero-order valence-electron chi connectivity index (χ0n) is 13.3. The Hall–Kier alpha value is -1.35. The largest absolute Gasteiger partial charge is 0.461 e. The van der Waals surface area contributed by atoms with Crippen LogP contribution in [0.5, 0.6) is 0 Å². The van der Waals surface area contributed by atoms with Crippen LogP contribution in [0, 0.1) is 11.3 Å². The van der Waals surface area contributed by atoms with Crippen molar-refractivity contribution < 1.29 is 9.53 Å². The van der Waals surface area contributed by atoms with Gasteiger partial charge in [0.05, 0.1) is 5.92 Å². The molecule has 3 nitrogen and oxygen atoms in total. The third-order valence-electron chi connectivity index (χ3n) is 3.66. The first kappa shape index (κ1) is 16.7. The van der Waals surface area contributed by atoms with Crippen molar-refractivity contribution in [3.8, 4) is 0 Å². The van der Waals surface area contributed by atoms with E-state index in [2.05, 4.69) is 33.0 Å². The predicted octanol–water partition coefficient (Wildman–Crippen LogP) is 3.39. The first-order valence-electron chi connectivity index (χ1n) is 7.24. The van der Waals surface area contributed by atoms with Gasteiger partial charge in [0, 0.05) is 12.6 Å². The summed E-state index contributed by atoms with van der Waals surface area (Å²) in [7, 11) is 0. The van der Waals surface area contributed by atoms with Crippen LogP contribution in [-0.4, -0.2) is 18.6 Å². The molecule has 20 heavy (non-hydrogen) atoms. The van der Waals surface area contributed by atoms with Crippen molar-refractivity contribution in [1.82, 2.24) is 5.32 Å². The highest BCUT2D eigenvalue weighted by atomic mass is 16.5. The normalized spacial score (nSPS) is 14.7. The molecule has 0 aromatic heterocycles. The molecule has 1 aromatic carbocycles. The number of hydrogen-bond acceptors (Lipinski definition) is 3. The molecule has 0 amide bonds. The lowest BCUT2D eigenvalue weighted by molar-refractivity contribution is -0.149. The third-order valence-corrected chi connectivity index (χ3v) is 3.66. The average Bonchev–Trinajstić information content (AvgIpc) is 2.41. The Morgan fingerprint density at radius 3 is 2.35 bits per heavy atom. The van der Waals surface area contributed by atoms with Crippen LogP contribution in [0.15, 0.2) is 30.3 Å². The van der Waals surface area contributed by atoms with Crippen LogP contribution in [0.25, 0.3) is 0 Å². The van der Waals surface area contributed by atoms with Gasteiger partial charge in [-0.1, -0.05) is 58.0 Å². The maximum absolute atomic E-state index is 11.9. The summed E-state index contributed by atoms with van der Waals surface area (Å²) in [6.07, 6.45) is 0. The van der Waals surface area contributed by atoms with Crippen LogP contribution >= 0.6 is 0 Å². The number of carbonyl (C=O) groups is 1. The summed E-state index contributed by atoms with van der Waals surface area (Å²) in [6.45, 7) is 11.6. The minimum absolute atomic E-state index is 0.136. The molecular weight excluding hydrogens is 250 g/mol. The van der Waals surface area contributed by atoms with Crippen LogP contribution in [-0.2, 0) is 16.1 Å². The van der Waals surface area contributed by atoms with Gasteiger partial charge in [0.1, 0.15) is 6.61 Å². The number of benzene rings is 1. The monoisotopic (exact) mass is 277 g/mol. The fourth-order valence-electron chi connectivity index (χ4n) is 1.61. The van der Waals surface area contributed by atoms with E-state index in [0.29, 0.717) is 19.2 Å². The molecule has 2 atom stereocenters. The van der Waals surface area contributed by atoms with Gasteiger partial charge in [0.2, 0.25) is 0 Å². The highest BCUT2D eigenvalue weighted by Crippen LogP contribution is 2.18. The maximum Gasteiger partial charge on any atom is 0.310 e. The lowest BCUT2D eigenvalue weighted by Crippen LogP contribution is -2.41. The van der Waals surface area contributed by atoms with E-state index in [1.807, 2.05) is 37.3 Å². The summed E-state index contributed by atoms with van der Waals surface area (Å²) in [6, 6.07) is 10.1. The fourth-order valence-corrected chi connectivity index (χ4v) is 1.61. The van der Waals surface area contributed by atoms with Crippen LogP contribution in [0.3, 0.4) is 0 Å². The SMILES string of the molecule is CC(CNC(C)C(C)(C)C)C(=O)OCc1ccccc1. The van der Waals surface area contributed by atoms with E-state index in [9.17, 15) is 4.79 Å². The van der Waals surface area contributed by atoms with Gasteiger partial charge in [-0.25, -0.2) is 0 Å². The van der Waals surface area contributed by atoms with Gasteiger partial charge in [0.25, 0.3) is 0 Å². The van der Waals surface area contributed by atoms with E-state index in [0.717, 1.165) is 5.56 Å². The quantitative estimate of drug-likeness (QED) is 0.810. The summed E-state index contributed by atoms with van der Waals surface area (Å²) in [4.78, 5) is 11.9. The van der Waals surface area contributed by atoms with E-state index in [4.69, 9.17) is 4.74 Å². The number of nitrogens with one attached hydrogen (secondary N) is 1. The molecule has 0 bridgehead atoms. The Balaban J connectivity index is 2.33. The molecule has 0 aliphatic carbocycles. The summed E-state index contributed by atoms with van der Waals surface area (Å²) in [5, 5.41) is 3.40. The molecule has 112 valence electrons. The summed E-state index contributed by atoms with van der Waals surface area (Å²) < 4.78 is 5.33. The number of esters is 1. The van der Waals surface area contributed by atoms with Gasteiger partial charge < -0.3 is 10.1 Å². The third kappa shape index (κ3) is 5.74. The van der Waals surface area contributed by atoms with Crippen molar-refractivity contribution in [1.29, 1.82) is 0 Å². The molecule has 2 unspecified atom stereocenters. The number of rotatable bonds is 6. The Morgan fingerprint density at radius 1 is 1.20 bits per heavy atom. The van der Waals surface area contributed by atoms with Gasteiger partial charge in [-0.05, 0) is 17.9 Å². The topological polar surface area (TPSA) is 38.3 Å². The predicted molar refractivity (Wildman–Crippen MR) is 82.3 cm³/mol. The molecule has 1 aromatic rings. The Bertz CT molecular complexity index is 409. The van der Waals surface area contributed by atoms with Crippen LogP contribution in [0.1, 0.15) is 40.2 Å². The smallest absolute Gasteiger partial charge is 0.310 e. The summed E-state index contributed by atoms with van der Waals surface area (Å²) in [5.41, 5.74) is 1.21. The highest BCUT2D eigenvalue weighted by Gasteiger charge is 2.22. The van der Waals surface area contributed by atoms with Crippen molar-refractivity contribution >= 4 is 5.97 Å². The molecule has 0 fully saturated rings. The molecular formula is C17H27NO2. The van der Waals surface area contributed by atoms with Crippen molar-refractivity contribution in [2.75, 3.05) is 6.54 Å². The fraction of sp³-hybridized carbons (Fsp3) is 0.588. The van der Waals surface area contributed by atoms with E-state index >= 15 is 0 Å². The molecule has 3 heteroatoms. The molecule has 1 rings (SSSR count). The minimum Gasteiger partial charge on any atom is -0.461 e. The van der Waals surface area contributed by atoms with Gasteiger partial charge in [-0.2, -0.15) is 0 Å². The molecule has 1 N–H and O–H groups in total. The lowest BCUT2D eigenvalue weighted by Gasteiger charge is -2.29. The summed E-state index contributed by atoms with van der Waals surface area (Å²) in [5.74, 6) is -0.286. The number of ether oxygens (including phenoxy) is 1.